The minimum Gasteiger partial charge on any atom is -0.465 e. The summed E-state index contributed by atoms with van der Waals surface area (Å²) in [6, 6.07) is 6.15. The molecule has 1 saturated heterocycles. The summed E-state index contributed by atoms with van der Waals surface area (Å²) in [5.41, 5.74) is 0.967. The highest BCUT2D eigenvalue weighted by Crippen LogP contribution is 2.26. The zero-order chi connectivity index (χ0) is 12.4. The van der Waals surface area contributed by atoms with Gasteiger partial charge in [0.2, 0.25) is 0 Å². The van der Waals surface area contributed by atoms with Crippen LogP contribution < -0.4 is 5.32 Å². The first-order valence-electron chi connectivity index (χ1n) is 5.51. The number of benzene rings is 1. The summed E-state index contributed by atoms with van der Waals surface area (Å²) in [6.45, 7) is 1.35. The zero-order valence-corrected chi connectivity index (χ0v) is 9.56. The predicted molar refractivity (Wildman–Crippen MR) is 61.6 cm³/mol. The maximum Gasteiger partial charge on any atom is 0.407 e. The second kappa shape index (κ2) is 4.71. The van der Waals surface area contributed by atoms with Gasteiger partial charge in [-0.05, 0) is 17.7 Å². The first-order valence-corrected chi connectivity index (χ1v) is 5.51. The van der Waals surface area contributed by atoms with Crippen LogP contribution in [0.3, 0.4) is 0 Å². The Hall–Kier alpha value is -1.62. The average Bonchev–Trinajstić information content (AvgIpc) is 2.77. The van der Waals surface area contributed by atoms with Crippen molar-refractivity contribution < 1.29 is 14.3 Å². The van der Waals surface area contributed by atoms with Crippen molar-refractivity contribution in [2.24, 2.45) is 0 Å². The Morgan fingerprint density at radius 1 is 1.41 bits per heavy atom. The molecule has 1 fully saturated rings. The summed E-state index contributed by atoms with van der Waals surface area (Å²) in [5.74, 6) is -0.195. The lowest BCUT2D eigenvalue weighted by molar-refractivity contribution is 0.138. The number of hydrogen-bond acceptors (Lipinski definition) is 2. The molecule has 1 heterocycles. The van der Waals surface area contributed by atoms with Gasteiger partial charge in [0.15, 0.2) is 0 Å². The third-order valence-electron chi connectivity index (χ3n) is 3.28. The fourth-order valence-corrected chi connectivity index (χ4v) is 2.26. The van der Waals surface area contributed by atoms with E-state index >= 15 is 0 Å². The van der Waals surface area contributed by atoms with E-state index in [0.717, 1.165) is 5.56 Å². The summed E-state index contributed by atoms with van der Waals surface area (Å²) in [5, 5.41) is 12.2. The largest absolute Gasteiger partial charge is 0.465 e. The molecule has 0 spiro atoms. The second-order valence-electron chi connectivity index (χ2n) is 4.28. The molecule has 1 amide bonds. The van der Waals surface area contributed by atoms with Crippen LogP contribution in [0.2, 0.25) is 0 Å². The molecule has 17 heavy (non-hydrogen) atoms. The highest BCUT2D eigenvalue weighted by molar-refractivity contribution is 5.65. The third-order valence-corrected chi connectivity index (χ3v) is 3.28. The molecule has 2 atom stereocenters. The third kappa shape index (κ3) is 2.39. The van der Waals surface area contributed by atoms with Crippen LogP contribution in [0.25, 0.3) is 0 Å². The topological polar surface area (TPSA) is 52.6 Å². The molecule has 1 aliphatic heterocycles. The fraction of sp³-hybridized carbons (Fsp3) is 0.417. The molecule has 0 radical (unpaired) electrons. The van der Waals surface area contributed by atoms with Crippen molar-refractivity contribution in [3.8, 4) is 0 Å². The quantitative estimate of drug-likeness (QED) is 0.820. The number of halogens is 1. The normalized spacial score (nSPS) is 23.6. The van der Waals surface area contributed by atoms with E-state index in [9.17, 15) is 9.18 Å². The molecule has 1 aliphatic rings. The van der Waals surface area contributed by atoms with Gasteiger partial charge in [0, 0.05) is 26.1 Å². The van der Waals surface area contributed by atoms with Crippen LogP contribution in [0.5, 0.6) is 0 Å². The number of likely N-dealkylation sites (N-methyl/N-ethyl adjacent to an activating group) is 1. The average molecular weight is 238 g/mol. The standard InChI is InChI=1S/C12H15FN2O2/c1-15(12(16)17)11-7-14-6-10(11)8-2-4-9(13)5-3-8/h2-5,10-11,14H,6-7H2,1H3,(H,16,17)/t10-,11+/m1/s1. The monoisotopic (exact) mass is 238 g/mol. The number of hydrogen-bond donors (Lipinski definition) is 2. The van der Waals surface area contributed by atoms with Crippen LogP contribution in [-0.2, 0) is 0 Å². The van der Waals surface area contributed by atoms with Crippen molar-refractivity contribution in [2.45, 2.75) is 12.0 Å². The van der Waals surface area contributed by atoms with Gasteiger partial charge in [-0.25, -0.2) is 9.18 Å². The highest BCUT2D eigenvalue weighted by atomic mass is 19.1. The first kappa shape index (κ1) is 11.9. The Labute approximate surface area is 99.0 Å². The van der Waals surface area contributed by atoms with E-state index in [-0.39, 0.29) is 17.8 Å². The lowest BCUT2D eigenvalue weighted by atomic mass is 9.93. The Balaban J connectivity index is 2.19. The molecule has 0 saturated carbocycles. The smallest absolute Gasteiger partial charge is 0.407 e. The van der Waals surface area contributed by atoms with Crippen molar-refractivity contribution in [1.29, 1.82) is 0 Å². The van der Waals surface area contributed by atoms with Crippen LogP contribution in [0.4, 0.5) is 9.18 Å². The minimum atomic E-state index is -0.939. The second-order valence-corrected chi connectivity index (χ2v) is 4.28. The van der Waals surface area contributed by atoms with Crippen LogP contribution in [0, 0.1) is 5.82 Å². The van der Waals surface area contributed by atoms with E-state index in [1.165, 1.54) is 17.0 Å². The van der Waals surface area contributed by atoms with Crippen molar-refractivity contribution in [3.63, 3.8) is 0 Å². The molecule has 1 aromatic rings. The Morgan fingerprint density at radius 2 is 2.06 bits per heavy atom. The minimum absolute atomic E-state index is 0.0803. The van der Waals surface area contributed by atoms with Crippen LogP contribution in [0.15, 0.2) is 24.3 Å². The van der Waals surface area contributed by atoms with E-state index < -0.39 is 6.09 Å². The fourth-order valence-electron chi connectivity index (χ4n) is 2.26. The molecular formula is C12H15FN2O2. The highest BCUT2D eigenvalue weighted by Gasteiger charge is 2.33. The molecular weight excluding hydrogens is 223 g/mol. The van der Waals surface area contributed by atoms with Crippen molar-refractivity contribution in [1.82, 2.24) is 10.2 Å². The van der Waals surface area contributed by atoms with Gasteiger partial charge in [0.1, 0.15) is 5.82 Å². The number of rotatable bonds is 2. The summed E-state index contributed by atoms with van der Waals surface area (Å²) >= 11 is 0. The van der Waals surface area contributed by atoms with Gasteiger partial charge in [0.05, 0.1) is 6.04 Å². The number of carboxylic acid groups (broad SMARTS) is 1. The van der Waals surface area contributed by atoms with Gasteiger partial charge in [0.25, 0.3) is 0 Å². The summed E-state index contributed by atoms with van der Waals surface area (Å²) < 4.78 is 12.8. The molecule has 0 bridgehead atoms. The Bertz CT molecular complexity index is 407. The van der Waals surface area contributed by atoms with Crippen molar-refractivity contribution in [3.05, 3.63) is 35.6 Å². The molecule has 2 N–H and O–H groups in total. The molecule has 0 unspecified atom stereocenters. The maximum atomic E-state index is 12.8. The number of nitrogens with zero attached hydrogens (tertiary/aromatic N) is 1. The van der Waals surface area contributed by atoms with E-state index in [2.05, 4.69) is 5.32 Å². The van der Waals surface area contributed by atoms with Gasteiger partial charge in [-0.2, -0.15) is 0 Å². The molecule has 2 rings (SSSR count). The van der Waals surface area contributed by atoms with E-state index in [1.807, 2.05) is 0 Å². The lowest BCUT2D eigenvalue weighted by Crippen LogP contribution is -2.40. The maximum absolute atomic E-state index is 12.8. The SMILES string of the molecule is CN(C(=O)O)[C@H]1CNC[C@@H]1c1ccc(F)cc1. The van der Waals surface area contributed by atoms with Gasteiger partial charge in [-0.15, -0.1) is 0 Å². The molecule has 4 nitrogen and oxygen atoms in total. The van der Waals surface area contributed by atoms with E-state index in [0.29, 0.717) is 13.1 Å². The number of amides is 1. The molecule has 5 heteroatoms. The number of nitrogens with one attached hydrogen (secondary N) is 1. The van der Waals surface area contributed by atoms with Gasteiger partial charge in [-0.3, -0.25) is 0 Å². The lowest BCUT2D eigenvalue weighted by Gasteiger charge is -2.26. The summed E-state index contributed by atoms with van der Waals surface area (Å²) in [7, 11) is 1.57. The molecule has 0 aromatic heterocycles. The van der Waals surface area contributed by atoms with Gasteiger partial charge >= 0.3 is 6.09 Å². The zero-order valence-electron chi connectivity index (χ0n) is 9.56. The van der Waals surface area contributed by atoms with E-state index in [4.69, 9.17) is 5.11 Å². The Morgan fingerprint density at radius 3 is 2.65 bits per heavy atom. The van der Waals surface area contributed by atoms with Crippen LogP contribution in [0.1, 0.15) is 11.5 Å². The van der Waals surface area contributed by atoms with Gasteiger partial charge in [-0.1, -0.05) is 12.1 Å². The molecule has 1 aromatic carbocycles. The Kier molecular flexibility index (Phi) is 3.28. The van der Waals surface area contributed by atoms with Crippen molar-refractivity contribution >= 4 is 6.09 Å². The van der Waals surface area contributed by atoms with Crippen LogP contribution in [-0.4, -0.2) is 42.3 Å². The summed E-state index contributed by atoms with van der Waals surface area (Å²) in [4.78, 5) is 12.3. The summed E-state index contributed by atoms with van der Waals surface area (Å²) in [6.07, 6.45) is -0.939. The predicted octanol–water partition coefficient (Wildman–Crippen LogP) is 1.49. The van der Waals surface area contributed by atoms with Crippen LogP contribution >= 0.6 is 0 Å². The molecule has 92 valence electrons. The molecule has 0 aliphatic carbocycles. The van der Waals surface area contributed by atoms with E-state index in [1.54, 1.807) is 19.2 Å². The van der Waals surface area contributed by atoms with Gasteiger partial charge < -0.3 is 15.3 Å². The van der Waals surface area contributed by atoms with Crippen molar-refractivity contribution in [2.75, 3.05) is 20.1 Å². The number of carbonyl (C=O) groups is 1. The first-order chi connectivity index (χ1) is 8.09.